The van der Waals surface area contributed by atoms with Crippen LogP contribution in [0.5, 0.6) is 0 Å². The largest absolute Gasteiger partial charge is 0.411 e. The minimum atomic E-state index is 0.591. The van der Waals surface area contributed by atoms with Crippen molar-refractivity contribution < 1.29 is 4.42 Å². The normalized spacial score (nSPS) is 15.1. The third-order valence-corrected chi connectivity index (χ3v) is 7.48. The van der Waals surface area contributed by atoms with Crippen molar-refractivity contribution in [2.45, 2.75) is 18.6 Å². The van der Waals surface area contributed by atoms with Gasteiger partial charge in [-0.1, -0.05) is 52.9 Å². The van der Waals surface area contributed by atoms with Crippen LogP contribution >= 0.6 is 23.1 Å². The van der Waals surface area contributed by atoms with Gasteiger partial charge in [-0.05, 0) is 44.2 Å². The van der Waals surface area contributed by atoms with Gasteiger partial charge in [-0.15, -0.1) is 10.2 Å². The number of aromatic nitrogens is 3. The van der Waals surface area contributed by atoms with Crippen LogP contribution in [0.4, 0.5) is 5.13 Å². The molecule has 2 aromatic heterocycles. The molecule has 0 saturated carbocycles. The van der Waals surface area contributed by atoms with Gasteiger partial charge in [0.05, 0.1) is 10.2 Å². The summed E-state index contributed by atoms with van der Waals surface area (Å²) in [6, 6.07) is 16.5. The van der Waals surface area contributed by atoms with E-state index in [4.69, 9.17) is 9.40 Å². The van der Waals surface area contributed by atoms with Gasteiger partial charge in [0.1, 0.15) is 0 Å². The lowest BCUT2D eigenvalue weighted by Gasteiger charge is -2.34. The fourth-order valence-electron chi connectivity index (χ4n) is 3.69. The number of hydrogen-bond acceptors (Lipinski definition) is 8. The van der Waals surface area contributed by atoms with Crippen molar-refractivity contribution in [3.05, 3.63) is 54.1 Å². The fourth-order valence-corrected chi connectivity index (χ4v) is 5.39. The zero-order chi connectivity index (χ0) is 21.0. The van der Waals surface area contributed by atoms with Crippen molar-refractivity contribution in [1.82, 2.24) is 20.1 Å². The number of piperazine rings is 1. The fraction of sp³-hybridized carbons (Fsp3) is 0.348. The number of rotatable bonds is 7. The lowest BCUT2D eigenvalue weighted by molar-refractivity contribution is 0.259. The Morgan fingerprint density at radius 2 is 1.81 bits per heavy atom. The standard InChI is InChI=1S/C23H25N5OS2/c1-17-7-9-18(10-8-17)21-25-26-23(29-21)30-16-4-11-27-12-14-28(15-13-27)22-24-19-5-2-3-6-20(19)31-22/h2-3,5-10H,4,11-16H2,1H3. The highest BCUT2D eigenvalue weighted by atomic mass is 32.2. The predicted molar refractivity (Wildman–Crippen MR) is 128 cm³/mol. The highest BCUT2D eigenvalue weighted by Gasteiger charge is 2.19. The van der Waals surface area contributed by atoms with Gasteiger partial charge in [0.25, 0.3) is 5.22 Å². The molecule has 160 valence electrons. The Labute approximate surface area is 190 Å². The summed E-state index contributed by atoms with van der Waals surface area (Å²) >= 11 is 3.44. The smallest absolute Gasteiger partial charge is 0.276 e. The van der Waals surface area contributed by atoms with E-state index in [1.165, 1.54) is 10.3 Å². The molecule has 1 aliphatic rings. The molecule has 1 saturated heterocycles. The molecule has 0 atom stereocenters. The molecule has 0 unspecified atom stereocenters. The second-order valence-corrected chi connectivity index (χ2v) is 9.79. The van der Waals surface area contributed by atoms with Crippen LogP contribution in [0, 0.1) is 6.92 Å². The van der Waals surface area contributed by atoms with Crippen molar-refractivity contribution in [2.24, 2.45) is 0 Å². The van der Waals surface area contributed by atoms with Crippen molar-refractivity contribution in [2.75, 3.05) is 43.4 Å². The zero-order valence-corrected chi connectivity index (χ0v) is 19.2. The minimum Gasteiger partial charge on any atom is -0.411 e. The van der Waals surface area contributed by atoms with Gasteiger partial charge in [0.15, 0.2) is 5.13 Å². The van der Waals surface area contributed by atoms with Crippen LogP contribution in [0.2, 0.25) is 0 Å². The summed E-state index contributed by atoms with van der Waals surface area (Å²) in [5.41, 5.74) is 3.29. The molecule has 31 heavy (non-hydrogen) atoms. The van der Waals surface area contributed by atoms with Crippen LogP contribution in [-0.4, -0.2) is 58.6 Å². The van der Waals surface area contributed by atoms with Crippen molar-refractivity contribution in [1.29, 1.82) is 0 Å². The van der Waals surface area contributed by atoms with E-state index in [1.54, 1.807) is 23.1 Å². The molecule has 2 aromatic carbocycles. The van der Waals surface area contributed by atoms with Gasteiger partial charge in [-0.2, -0.15) is 0 Å². The highest BCUT2D eigenvalue weighted by Crippen LogP contribution is 2.29. The number of hydrogen-bond donors (Lipinski definition) is 0. The number of fused-ring (bicyclic) bond motifs is 1. The first-order valence-electron chi connectivity index (χ1n) is 10.6. The SMILES string of the molecule is Cc1ccc(-c2nnc(SCCCN3CCN(c4nc5ccccc5s4)CC3)o2)cc1. The highest BCUT2D eigenvalue weighted by molar-refractivity contribution is 7.99. The zero-order valence-electron chi connectivity index (χ0n) is 17.5. The number of nitrogens with zero attached hydrogens (tertiary/aromatic N) is 5. The molecular formula is C23H25N5OS2. The molecule has 0 amide bonds. The van der Waals surface area contributed by atoms with E-state index < -0.39 is 0 Å². The Balaban J connectivity index is 1.05. The number of thiazole rings is 1. The van der Waals surface area contributed by atoms with E-state index in [9.17, 15) is 0 Å². The first kappa shape index (κ1) is 20.5. The van der Waals surface area contributed by atoms with Gasteiger partial charge in [-0.25, -0.2) is 4.98 Å². The maximum absolute atomic E-state index is 5.80. The summed E-state index contributed by atoms with van der Waals surface area (Å²) in [6.45, 7) is 7.41. The molecule has 0 N–H and O–H groups in total. The molecule has 1 fully saturated rings. The van der Waals surface area contributed by atoms with E-state index in [0.29, 0.717) is 11.1 Å². The summed E-state index contributed by atoms with van der Waals surface area (Å²) in [5.74, 6) is 1.57. The van der Waals surface area contributed by atoms with Gasteiger partial charge in [0, 0.05) is 37.5 Å². The van der Waals surface area contributed by atoms with Crippen LogP contribution in [0.25, 0.3) is 21.7 Å². The van der Waals surface area contributed by atoms with Crippen molar-refractivity contribution in [3.63, 3.8) is 0 Å². The lowest BCUT2D eigenvalue weighted by atomic mass is 10.1. The first-order valence-corrected chi connectivity index (χ1v) is 12.4. The van der Waals surface area contributed by atoms with Crippen LogP contribution in [-0.2, 0) is 0 Å². The Morgan fingerprint density at radius 3 is 2.61 bits per heavy atom. The van der Waals surface area contributed by atoms with Gasteiger partial charge < -0.3 is 9.32 Å². The molecular weight excluding hydrogens is 426 g/mol. The number of thioether (sulfide) groups is 1. The molecule has 3 heterocycles. The summed E-state index contributed by atoms with van der Waals surface area (Å²) in [6.07, 6.45) is 1.11. The van der Waals surface area contributed by atoms with E-state index in [-0.39, 0.29) is 0 Å². The quantitative estimate of drug-likeness (QED) is 0.291. The van der Waals surface area contributed by atoms with Crippen LogP contribution in [0.3, 0.4) is 0 Å². The average Bonchev–Trinajstić information content (AvgIpc) is 3.45. The average molecular weight is 452 g/mol. The summed E-state index contributed by atoms with van der Waals surface area (Å²) in [4.78, 5) is 9.75. The maximum Gasteiger partial charge on any atom is 0.276 e. The third kappa shape index (κ3) is 4.92. The molecule has 0 aliphatic carbocycles. The second-order valence-electron chi connectivity index (χ2n) is 7.73. The van der Waals surface area contributed by atoms with E-state index in [2.05, 4.69) is 63.3 Å². The van der Waals surface area contributed by atoms with Crippen LogP contribution < -0.4 is 4.90 Å². The summed E-state index contributed by atoms with van der Waals surface area (Å²) in [5, 5.41) is 10.2. The third-order valence-electron chi connectivity index (χ3n) is 5.47. The van der Waals surface area contributed by atoms with Crippen molar-refractivity contribution >= 4 is 38.4 Å². The number of anilines is 1. The minimum absolute atomic E-state index is 0.591. The van der Waals surface area contributed by atoms with E-state index >= 15 is 0 Å². The predicted octanol–water partition coefficient (Wildman–Crippen LogP) is 4.96. The summed E-state index contributed by atoms with van der Waals surface area (Å²) in [7, 11) is 0. The first-order chi connectivity index (χ1) is 15.2. The van der Waals surface area contributed by atoms with E-state index in [0.717, 1.165) is 61.1 Å². The lowest BCUT2D eigenvalue weighted by Crippen LogP contribution is -2.46. The van der Waals surface area contributed by atoms with Crippen LogP contribution in [0.15, 0.2) is 58.2 Å². The molecule has 1 aliphatic heterocycles. The Morgan fingerprint density at radius 1 is 1.00 bits per heavy atom. The molecule has 8 heteroatoms. The Bertz CT molecular complexity index is 1100. The van der Waals surface area contributed by atoms with E-state index in [1.807, 2.05) is 12.1 Å². The molecule has 0 bridgehead atoms. The van der Waals surface area contributed by atoms with Crippen molar-refractivity contribution in [3.8, 4) is 11.5 Å². The number of benzene rings is 2. The monoisotopic (exact) mass is 451 g/mol. The van der Waals surface area contributed by atoms with Gasteiger partial charge >= 0.3 is 0 Å². The maximum atomic E-state index is 5.80. The van der Waals surface area contributed by atoms with Gasteiger partial charge in [0.2, 0.25) is 5.89 Å². The molecule has 4 aromatic rings. The Hall–Kier alpha value is -2.42. The molecule has 6 nitrogen and oxygen atoms in total. The van der Waals surface area contributed by atoms with Gasteiger partial charge in [-0.3, -0.25) is 4.90 Å². The molecule has 0 spiro atoms. The second kappa shape index (κ2) is 9.38. The Kier molecular flexibility index (Phi) is 6.20. The summed E-state index contributed by atoms with van der Waals surface area (Å²) < 4.78 is 7.07. The van der Waals surface area contributed by atoms with Crippen LogP contribution in [0.1, 0.15) is 12.0 Å². The number of aryl methyl sites for hydroxylation is 1. The molecule has 5 rings (SSSR count). The topological polar surface area (TPSA) is 58.3 Å². The molecule has 0 radical (unpaired) electrons. The number of para-hydroxylation sites is 1.